The maximum absolute atomic E-state index is 13.8. The van der Waals surface area contributed by atoms with Crippen molar-refractivity contribution >= 4 is 5.97 Å². The van der Waals surface area contributed by atoms with Crippen LogP contribution in [0.15, 0.2) is 0 Å². The van der Waals surface area contributed by atoms with Crippen molar-refractivity contribution in [1.29, 1.82) is 0 Å². The maximum atomic E-state index is 13.8. The van der Waals surface area contributed by atoms with E-state index >= 15 is 0 Å². The van der Waals surface area contributed by atoms with Crippen molar-refractivity contribution in [2.45, 2.75) is 89.5 Å². The number of nitrogens with one attached hydrogen (secondary N) is 2. The van der Waals surface area contributed by atoms with E-state index in [2.05, 4.69) is 10.6 Å². The van der Waals surface area contributed by atoms with Crippen LogP contribution in [0, 0.1) is 34.5 Å². The molecular formula is C22H32F6N2O3. The van der Waals surface area contributed by atoms with Gasteiger partial charge in [0.2, 0.25) is 0 Å². The summed E-state index contributed by atoms with van der Waals surface area (Å²) in [5, 5.41) is 16.1. The minimum atomic E-state index is -6.07. The van der Waals surface area contributed by atoms with E-state index in [1.54, 1.807) is 6.92 Å². The Hall–Kier alpha value is -1.07. The second-order valence-corrected chi connectivity index (χ2v) is 11.5. The summed E-state index contributed by atoms with van der Waals surface area (Å²) < 4.78 is 88.0. The molecule has 4 fully saturated rings. The topological polar surface area (TPSA) is 70.6 Å². The number of halogens is 6. The Balaban J connectivity index is 1.66. The minimum absolute atomic E-state index is 0.0113. The Morgan fingerprint density at radius 2 is 1.67 bits per heavy atom. The van der Waals surface area contributed by atoms with Crippen molar-refractivity contribution in [3.63, 3.8) is 0 Å². The highest BCUT2D eigenvalue weighted by molar-refractivity contribution is 5.78. The van der Waals surface area contributed by atoms with Gasteiger partial charge in [-0.05, 0) is 82.0 Å². The first-order chi connectivity index (χ1) is 14.9. The van der Waals surface area contributed by atoms with Crippen molar-refractivity contribution in [3.8, 4) is 0 Å². The zero-order valence-corrected chi connectivity index (χ0v) is 19.2. The normalized spacial score (nSPS) is 36.6. The Morgan fingerprint density at radius 1 is 1.09 bits per heavy atom. The molecule has 6 atom stereocenters. The second kappa shape index (κ2) is 7.22. The van der Waals surface area contributed by atoms with Gasteiger partial charge in [0, 0.05) is 6.67 Å². The molecule has 5 unspecified atom stereocenters. The lowest BCUT2D eigenvalue weighted by molar-refractivity contribution is -0.393. The molecule has 1 aliphatic heterocycles. The number of alkyl halides is 6. The van der Waals surface area contributed by atoms with Gasteiger partial charge in [0.05, 0.1) is 11.1 Å². The lowest BCUT2D eigenvalue weighted by Crippen LogP contribution is -2.77. The number of aliphatic hydroxyl groups is 1. The number of ether oxygens (including phenoxy) is 1. The van der Waals surface area contributed by atoms with Crippen molar-refractivity contribution < 1.29 is 41.0 Å². The predicted molar refractivity (Wildman–Crippen MR) is 105 cm³/mol. The Labute approximate surface area is 189 Å². The van der Waals surface area contributed by atoms with Gasteiger partial charge in [-0.15, -0.1) is 0 Å². The molecule has 2 bridgehead atoms. The van der Waals surface area contributed by atoms with Crippen molar-refractivity contribution in [2.75, 3.05) is 6.67 Å². The van der Waals surface area contributed by atoms with Crippen LogP contribution in [-0.2, 0) is 9.53 Å². The molecule has 1 heterocycles. The average molecular weight is 486 g/mol. The first kappa shape index (κ1) is 25.0. The van der Waals surface area contributed by atoms with Crippen LogP contribution in [0.4, 0.5) is 26.3 Å². The fraction of sp³-hybridized carbons (Fsp3) is 0.955. The van der Waals surface area contributed by atoms with E-state index in [4.69, 9.17) is 4.74 Å². The average Bonchev–Trinajstić information content (AvgIpc) is 3.25. The minimum Gasteiger partial charge on any atom is -0.458 e. The van der Waals surface area contributed by atoms with E-state index in [9.17, 15) is 36.2 Å². The van der Waals surface area contributed by atoms with Gasteiger partial charge in [-0.25, -0.2) is 0 Å². The predicted octanol–water partition coefficient (Wildman–Crippen LogP) is 4.11. The van der Waals surface area contributed by atoms with Gasteiger partial charge in [0.1, 0.15) is 6.10 Å². The maximum Gasteiger partial charge on any atom is 0.430 e. The molecule has 1 saturated heterocycles. The zero-order valence-electron chi connectivity index (χ0n) is 19.2. The number of rotatable bonds is 6. The largest absolute Gasteiger partial charge is 0.458 e. The fourth-order valence-corrected chi connectivity index (χ4v) is 6.80. The summed E-state index contributed by atoms with van der Waals surface area (Å²) in [7, 11) is 0. The third-order valence-electron chi connectivity index (χ3n) is 9.21. The van der Waals surface area contributed by atoms with E-state index in [-0.39, 0.29) is 17.3 Å². The van der Waals surface area contributed by atoms with Crippen molar-refractivity contribution in [3.05, 3.63) is 0 Å². The SMILES string of the molecule is C[C@@H]1CC2CC3(CC3C2CC(OC(=O)C(C)(C)C2(C)NCN2)C(O)(C(F)(F)F)C(F)(F)F)C1. The molecule has 3 aliphatic carbocycles. The smallest absolute Gasteiger partial charge is 0.430 e. The summed E-state index contributed by atoms with van der Waals surface area (Å²) in [4.78, 5) is 13.0. The Kier molecular flexibility index (Phi) is 5.48. The molecule has 1 spiro atoms. The highest BCUT2D eigenvalue weighted by Gasteiger charge is 2.77. The Morgan fingerprint density at radius 3 is 2.15 bits per heavy atom. The molecule has 190 valence electrons. The quantitative estimate of drug-likeness (QED) is 0.390. The molecule has 0 aromatic rings. The number of esters is 1. The molecule has 0 aromatic heterocycles. The molecule has 33 heavy (non-hydrogen) atoms. The molecule has 3 N–H and O–H groups in total. The lowest BCUT2D eigenvalue weighted by atomic mass is 9.73. The van der Waals surface area contributed by atoms with Crippen LogP contribution in [-0.4, -0.2) is 47.5 Å². The highest BCUT2D eigenvalue weighted by Crippen LogP contribution is 2.75. The van der Waals surface area contributed by atoms with Crippen LogP contribution >= 0.6 is 0 Å². The summed E-state index contributed by atoms with van der Waals surface area (Å²) in [6, 6.07) is 0. The molecule has 0 amide bonds. The van der Waals surface area contributed by atoms with E-state index < -0.39 is 53.4 Å². The summed E-state index contributed by atoms with van der Waals surface area (Å²) in [5.41, 5.74) is -7.73. The van der Waals surface area contributed by atoms with Crippen LogP contribution in [0.25, 0.3) is 0 Å². The van der Waals surface area contributed by atoms with Gasteiger partial charge in [-0.2, -0.15) is 26.3 Å². The standard InChI is InChI=1S/C22H32F6N2O3/c1-11-5-12-8-19(7-11)9-14(19)13(12)6-15(20(32,21(23,24)25)22(26,27)28)33-16(31)17(2,3)18(4)29-10-30-18/h11-15,29-30,32H,5-10H2,1-4H3/t11-,12?,13?,14?,15?,19?/m1/s1. The fourth-order valence-electron chi connectivity index (χ4n) is 6.80. The lowest BCUT2D eigenvalue weighted by Gasteiger charge is -2.51. The molecular weight excluding hydrogens is 454 g/mol. The number of carbonyl (C=O) groups excluding carboxylic acids is 1. The summed E-state index contributed by atoms with van der Waals surface area (Å²) in [5.74, 6) is -1.36. The van der Waals surface area contributed by atoms with Crippen LogP contribution in [0.3, 0.4) is 0 Å². The third-order valence-corrected chi connectivity index (χ3v) is 9.21. The van der Waals surface area contributed by atoms with Gasteiger partial charge in [-0.3, -0.25) is 15.4 Å². The van der Waals surface area contributed by atoms with Crippen LogP contribution in [0.2, 0.25) is 0 Å². The molecule has 11 heteroatoms. The monoisotopic (exact) mass is 486 g/mol. The van der Waals surface area contributed by atoms with Crippen LogP contribution in [0.1, 0.15) is 59.8 Å². The molecule has 3 saturated carbocycles. The van der Waals surface area contributed by atoms with E-state index in [1.807, 2.05) is 6.92 Å². The summed E-state index contributed by atoms with van der Waals surface area (Å²) >= 11 is 0. The number of hydrogen-bond donors (Lipinski definition) is 3. The Bertz CT molecular complexity index is 795. The molecule has 0 aromatic carbocycles. The highest BCUT2D eigenvalue weighted by atomic mass is 19.4. The number of carbonyl (C=O) groups is 1. The number of fused-ring (bicyclic) bond motifs is 1. The first-order valence-electron chi connectivity index (χ1n) is 11.4. The molecule has 4 aliphatic rings. The van der Waals surface area contributed by atoms with Crippen LogP contribution < -0.4 is 10.6 Å². The van der Waals surface area contributed by atoms with Crippen LogP contribution in [0.5, 0.6) is 0 Å². The van der Waals surface area contributed by atoms with Gasteiger partial charge in [0.15, 0.2) is 0 Å². The van der Waals surface area contributed by atoms with Crippen molar-refractivity contribution in [1.82, 2.24) is 10.6 Å². The molecule has 0 radical (unpaired) electrons. The van der Waals surface area contributed by atoms with Gasteiger partial charge in [-0.1, -0.05) is 6.92 Å². The van der Waals surface area contributed by atoms with E-state index in [0.717, 1.165) is 25.7 Å². The van der Waals surface area contributed by atoms with Gasteiger partial charge >= 0.3 is 18.3 Å². The van der Waals surface area contributed by atoms with E-state index in [0.29, 0.717) is 12.6 Å². The zero-order chi connectivity index (χ0) is 24.8. The summed E-state index contributed by atoms with van der Waals surface area (Å²) in [6.45, 7) is 6.71. The third kappa shape index (κ3) is 3.59. The first-order valence-corrected chi connectivity index (χ1v) is 11.4. The molecule has 5 nitrogen and oxygen atoms in total. The van der Waals surface area contributed by atoms with E-state index in [1.165, 1.54) is 13.8 Å². The second-order valence-electron chi connectivity index (χ2n) is 11.5. The van der Waals surface area contributed by atoms with Gasteiger partial charge in [0.25, 0.3) is 5.60 Å². The molecule has 4 rings (SSSR count). The van der Waals surface area contributed by atoms with Gasteiger partial charge < -0.3 is 9.84 Å². The summed E-state index contributed by atoms with van der Waals surface area (Å²) in [6.07, 6.45) is -12.4. The van der Waals surface area contributed by atoms with Crippen molar-refractivity contribution in [2.24, 2.45) is 34.5 Å². The number of hydrogen-bond acceptors (Lipinski definition) is 5.